The second-order valence-corrected chi connectivity index (χ2v) is 10.8. The topological polar surface area (TPSA) is 227 Å². The Balaban J connectivity index is 1.61. The normalized spacial score (nSPS) is 32.0. The minimum Gasteiger partial charge on any atom is -0.506 e. The number of ether oxygens (including phenoxy) is 6. The van der Waals surface area contributed by atoms with Gasteiger partial charge in [0.2, 0.25) is 0 Å². The summed E-state index contributed by atoms with van der Waals surface area (Å²) in [5.74, 6) is 0.231. The highest BCUT2D eigenvalue weighted by Crippen LogP contribution is 2.46. The van der Waals surface area contributed by atoms with Gasteiger partial charge in [0.15, 0.2) is 23.2 Å². The molecule has 10 atom stereocenters. The van der Waals surface area contributed by atoms with Crippen LogP contribution < -0.4 is 19.6 Å². The lowest BCUT2D eigenvalue weighted by atomic mass is 9.89. The second kappa shape index (κ2) is 13.1. The van der Waals surface area contributed by atoms with Crippen LogP contribution >= 0.6 is 0 Å². The summed E-state index contributed by atoms with van der Waals surface area (Å²) in [6.45, 7) is 0.672. The zero-order valence-electron chi connectivity index (χ0n) is 24.8. The van der Waals surface area contributed by atoms with Crippen molar-refractivity contribution in [2.24, 2.45) is 0 Å². The SMILES string of the molecule is COc1ccc(-c2cc(=O)c3c(O)c([C@@H]4OC(CO)[C@@H](O)[C@H](O)C4O[C@@H]4OC(C)[C@H](O)[C@H](O)C4O)c(OC)cc3o2)cc1OC. The molecule has 4 unspecified atom stereocenters. The van der Waals surface area contributed by atoms with Crippen molar-refractivity contribution in [3.63, 3.8) is 0 Å². The third-order valence-electron chi connectivity index (χ3n) is 8.13. The van der Waals surface area contributed by atoms with Crippen molar-refractivity contribution < 1.29 is 68.6 Å². The van der Waals surface area contributed by atoms with Gasteiger partial charge in [-0.3, -0.25) is 4.79 Å². The van der Waals surface area contributed by atoms with Gasteiger partial charge in [-0.1, -0.05) is 0 Å². The first-order valence-electron chi connectivity index (χ1n) is 14.0. The van der Waals surface area contributed by atoms with Gasteiger partial charge in [0.25, 0.3) is 0 Å². The minimum atomic E-state index is -1.81. The molecule has 3 aromatic rings. The van der Waals surface area contributed by atoms with Crippen LogP contribution in [-0.2, 0) is 14.2 Å². The predicted molar refractivity (Wildman–Crippen MR) is 153 cm³/mol. The van der Waals surface area contributed by atoms with Crippen molar-refractivity contribution in [1.29, 1.82) is 0 Å². The summed E-state index contributed by atoms with van der Waals surface area (Å²) in [6, 6.07) is 7.35. The van der Waals surface area contributed by atoms with Crippen LogP contribution in [0.3, 0.4) is 0 Å². The predicted octanol–water partition coefficient (Wildman–Crippen LogP) is -0.442. The number of aromatic hydroxyl groups is 1. The Labute approximate surface area is 256 Å². The average Bonchev–Trinajstić information content (AvgIpc) is 3.04. The fourth-order valence-electron chi connectivity index (χ4n) is 5.63. The third kappa shape index (κ3) is 5.82. The highest BCUT2D eigenvalue weighted by atomic mass is 16.7. The molecule has 3 heterocycles. The fraction of sp³-hybridized carbons (Fsp3) is 0.500. The summed E-state index contributed by atoms with van der Waals surface area (Å²) in [5.41, 5.74) is -0.472. The molecule has 2 aliphatic rings. The van der Waals surface area contributed by atoms with E-state index in [0.29, 0.717) is 17.1 Å². The first-order chi connectivity index (χ1) is 21.4. The molecule has 15 heteroatoms. The van der Waals surface area contributed by atoms with E-state index in [1.807, 2.05) is 0 Å². The quantitative estimate of drug-likeness (QED) is 0.166. The molecule has 2 aliphatic heterocycles. The summed E-state index contributed by atoms with van der Waals surface area (Å²) < 4.78 is 39.4. The molecule has 0 saturated carbocycles. The van der Waals surface area contributed by atoms with Crippen LogP contribution in [0.1, 0.15) is 18.6 Å². The first-order valence-corrected chi connectivity index (χ1v) is 14.0. The van der Waals surface area contributed by atoms with Crippen LogP contribution in [0.25, 0.3) is 22.3 Å². The van der Waals surface area contributed by atoms with E-state index in [2.05, 4.69) is 0 Å². The zero-order valence-corrected chi connectivity index (χ0v) is 24.8. The molecule has 7 N–H and O–H groups in total. The van der Waals surface area contributed by atoms with Crippen molar-refractivity contribution >= 4 is 11.0 Å². The summed E-state index contributed by atoms with van der Waals surface area (Å²) in [7, 11) is 4.20. The Bertz CT molecular complexity index is 1570. The number of benzene rings is 2. The third-order valence-corrected chi connectivity index (χ3v) is 8.13. The Morgan fingerprint density at radius 3 is 2.13 bits per heavy atom. The number of aliphatic hydroxyl groups excluding tert-OH is 6. The molecule has 0 amide bonds. The van der Waals surface area contributed by atoms with Gasteiger partial charge in [0.05, 0.1) is 39.6 Å². The Hall–Kier alpha value is -3.51. The molecule has 2 fully saturated rings. The lowest BCUT2D eigenvalue weighted by Crippen LogP contribution is -2.61. The molecule has 246 valence electrons. The van der Waals surface area contributed by atoms with E-state index in [1.165, 1.54) is 34.3 Å². The first kappa shape index (κ1) is 32.9. The number of hydrogen-bond donors (Lipinski definition) is 7. The van der Waals surface area contributed by atoms with Crippen LogP contribution in [0.5, 0.6) is 23.0 Å². The number of aliphatic hydroxyl groups is 6. The number of phenolic OH excluding ortho intramolecular Hbond substituents is 1. The molecule has 1 aromatic heterocycles. The second-order valence-electron chi connectivity index (χ2n) is 10.8. The van der Waals surface area contributed by atoms with Crippen LogP contribution in [0, 0.1) is 0 Å². The molecular formula is C30H36O15. The highest BCUT2D eigenvalue weighted by molar-refractivity contribution is 5.88. The fourth-order valence-corrected chi connectivity index (χ4v) is 5.63. The van der Waals surface area contributed by atoms with E-state index < -0.39 is 79.0 Å². The van der Waals surface area contributed by atoms with Crippen LogP contribution in [0.2, 0.25) is 0 Å². The van der Waals surface area contributed by atoms with Crippen LogP contribution in [-0.4, -0.2) is 119 Å². The van der Waals surface area contributed by atoms with Crippen LogP contribution in [0.15, 0.2) is 39.5 Å². The van der Waals surface area contributed by atoms with Gasteiger partial charge in [-0.15, -0.1) is 0 Å². The van der Waals surface area contributed by atoms with Gasteiger partial charge in [0.1, 0.15) is 77.1 Å². The highest BCUT2D eigenvalue weighted by Gasteiger charge is 2.51. The summed E-state index contributed by atoms with van der Waals surface area (Å²) in [6.07, 6.45) is -15.6. The van der Waals surface area contributed by atoms with Crippen molar-refractivity contribution in [2.45, 2.75) is 68.1 Å². The summed E-state index contributed by atoms with van der Waals surface area (Å²) in [5, 5.41) is 73.8. The molecule has 0 spiro atoms. The zero-order chi connectivity index (χ0) is 32.7. The minimum absolute atomic E-state index is 0.0741. The number of phenols is 1. The van der Waals surface area contributed by atoms with E-state index >= 15 is 0 Å². The van der Waals surface area contributed by atoms with Gasteiger partial charge in [-0.25, -0.2) is 0 Å². The van der Waals surface area contributed by atoms with E-state index in [1.54, 1.807) is 18.2 Å². The van der Waals surface area contributed by atoms with Gasteiger partial charge in [0, 0.05) is 17.7 Å². The number of hydrogen-bond acceptors (Lipinski definition) is 15. The molecule has 2 saturated heterocycles. The van der Waals surface area contributed by atoms with Gasteiger partial charge in [-0.05, 0) is 25.1 Å². The van der Waals surface area contributed by atoms with Crippen molar-refractivity contribution in [3.8, 4) is 34.3 Å². The van der Waals surface area contributed by atoms with E-state index in [-0.39, 0.29) is 28.0 Å². The lowest BCUT2D eigenvalue weighted by Gasteiger charge is -2.46. The van der Waals surface area contributed by atoms with E-state index in [0.717, 1.165) is 6.07 Å². The van der Waals surface area contributed by atoms with E-state index in [4.69, 9.17) is 32.8 Å². The maximum atomic E-state index is 13.5. The summed E-state index contributed by atoms with van der Waals surface area (Å²) in [4.78, 5) is 13.5. The average molecular weight is 637 g/mol. The molecule has 5 rings (SSSR count). The van der Waals surface area contributed by atoms with Crippen molar-refractivity contribution in [1.82, 2.24) is 0 Å². The summed E-state index contributed by atoms with van der Waals surface area (Å²) >= 11 is 0. The molecule has 0 aliphatic carbocycles. The van der Waals surface area contributed by atoms with Crippen molar-refractivity contribution in [2.75, 3.05) is 27.9 Å². The van der Waals surface area contributed by atoms with Crippen LogP contribution in [0.4, 0.5) is 0 Å². The number of rotatable bonds is 8. The van der Waals surface area contributed by atoms with Crippen molar-refractivity contribution in [3.05, 3.63) is 46.1 Å². The standard InChI is InChI=1S/C30H36O15/c1-11-22(33)25(36)27(38)30(42-11)45-29-26(37)23(34)19(10-31)44-28(29)21-17(41-4)9-18-20(24(21)35)13(32)8-15(43-18)12-5-6-14(39-2)16(7-12)40-3/h5-9,11,19,22-23,25-31,33-38H,10H2,1-4H3/t11?,19?,22-,23+,25-,26-,27?,28-,29?,30-/m0/s1. The number of methoxy groups -OCH3 is 3. The monoisotopic (exact) mass is 636 g/mol. The molecule has 45 heavy (non-hydrogen) atoms. The Morgan fingerprint density at radius 1 is 0.800 bits per heavy atom. The van der Waals surface area contributed by atoms with E-state index in [9.17, 15) is 40.5 Å². The maximum Gasteiger partial charge on any atom is 0.197 e. The smallest absolute Gasteiger partial charge is 0.197 e. The molecule has 2 aromatic carbocycles. The van der Waals surface area contributed by atoms with Gasteiger partial charge in [-0.2, -0.15) is 0 Å². The molecular weight excluding hydrogens is 600 g/mol. The van der Waals surface area contributed by atoms with Gasteiger partial charge < -0.3 is 68.6 Å². The maximum absolute atomic E-state index is 13.5. The Morgan fingerprint density at radius 2 is 1.49 bits per heavy atom. The Kier molecular flexibility index (Phi) is 9.55. The largest absolute Gasteiger partial charge is 0.506 e. The lowest BCUT2D eigenvalue weighted by molar-refractivity contribution is -0.338. The molecule has 0 radical (unpaired) electrons. The molecule has 15 nitrogen and oxygen atoms in total. The molecule has 0 bridgehead atoms. The number of fused-ring (bicyclic) bond motifs is 1. The van der Waals surface area contributed by atoms with Gasteiger partial charge >= 0.3 is 0 Å².